The van der Waals surface area contributed by atoms with Gasteiger partial charge in [0, 0.05) is 50.7 Å². The first kappa shape index (κ1) is 18.2. The third kappa shape index (κ3) is 4.52. The summed E-state index contributed by atoms with van der Waals surface area (Å²) in [5.41, 5.74) is 2.06. The van der Waals surface area contributed by atoms with Crippen molar-refractivity contribution in [3.8, 4) is 11.5 Å². The van der Waals surface area contributed by atoms with Crippen LogP contribution in [0.1, 0.15) is 11.1 Å². The number of hydrogen-bond donors (Lipinski definition) is 0. The molecule has 0 unspecified atom stereocenters. The van der Waals surface area contributed by atoms with Gasteiger partial charge in [0.05, 0.1) is 20.6 Å². The number of carbonyl (C=O) groups excluding carboxylic acids is 1. The Hall–Kier alpha value is -2.60. The van der Waals surface area contributed by atoms with Gasteiger partial charge in [-0.1, -0.05) is 6.07 Å². The van der Waals surface area contributed by atoms with E-state index in [1.54, 1.807) is 20.4 Å². The number of hydrogen-bond acceptors (Lipinski definition) is 5. The molecule has 1 amide bonds. The Bertz CT molecular complexity index is 728. The van der Waals surface area contributed by atoms with Gasteiger partial charge in [-0.3, -0.25) is 14.7 Å². The van der Waals surface area contributed by atoms with Crippen molar-refractivity contribution >= 4 is 5.91 Å². The van der Waals surface area contributed by atoms with E-state index in [1.807, 2.05) is 35.4 Å². The third-order valence-corrected chi connectivity index (χ3v) is 4.68. The van der Waals surface area contributed by atoms with Crippen molar-refractivity contribution in [2.75, 3.05) is 40.4 Å². The zero-order chi connectivity index (χ0) is 18.4. The first-order chi connectivity index (χ1) is 12.7. The zero-order valence-corrected chi connectivity index (χ0v) is 15.4. The maximum absolute atomic E-state index is 12.7. The van der Waals surface area contributed by atoms with Crippen LogP contribution in [0.2, 0.25) is 0 Å². The Morgan fingerprint density at radius 3 is 2.58 bits per heavy atom. The zero-order valence-electron chi connectivity index (χ0n) is 15.4. The van der Waals surface area contributed by atoms with Crippen molar-refractivity contribution in [2.45, 2.75) is 13.0 Å². The topological polar surface area (TPSA) is 54.9 Å². The van der Waals surface area contributed by atoms with Crippen LogP contribution in [-0.2, 0) is 17.8 Å². The summed E-state index contributed by atoms with van der Waals surface area (Å²) in [5, 5.41) is 0. The van der Waals surface area contributed by atoms with Crippen LogP contribution in [0, 0.1) is 0 Å². The fourth-order valence-electron chi connectivity index (χ4n) is 3.20. The molecule has 0 saturated carbocycles. The van der Waals surface area contributed by atoms with E-state index in [1.165, 1.54) is 5.56 Å². The second-order valence-electron chi connectivity index (χ2n) is 6.37. The van der Waals surface area contributed by atoms with E-state index in [0.717, 1.165) is 49.8 Å². The highest BCUT2D eigenvalue weighted by Crippen LogP contribution is 2.25. The first-order valence-electron chi connectivity index (χ1n) is 8.79. The van der Waals surface area contributed by atoms with Crippen molar-refractivity contribution < 1.29 is 14.3 Å². The number of benzene rings is 1. The van der Waals surface area contributed by atoms with Gasteiger partial charge in [-0.15, -0.1) is 0 Å². The monoisotopic (exact) mass is 355 g/mol. The summed E-state index contributed by atoms with van der Waals surface area (Å²) in [6.45, 7) is 4.10. The minimum Gasteiger partial charge on any atom is -0.497 e. The largest absolute Gasteiger partial charge is 0.497 e. The van der Waals surface area contributed by atoms with E-state index in [9.17, 15) is 4.79 Å². The Kier molecular flexibility index (Phi) is 6.07. The predicted octanol–water partition coefficient (Wildman–Crippen LogP) is 1.99. The number of piperazine rings is 1. The van der Waals surface area contributed by atoms with Gasteiger partial charge in [0.2, 0.25) is 5.91 Å². The quantitative estimate of drug-likeness (QED) is 0.793. The van der Waals surface area contributed by atoms with E-state index in [2.05, 4.69) is 16.0 Å². The van der Waals surface area contributed by atoms with Gasteiger partial charge >= 0.3 is 0 Å². The molecule has 0 radical (unpaired) electrons. The number of methoxy groups -OCH3 is 2. The van der Waals surface area contributed by atoms with Crippen LogP contribution in [0.4, 0.5) is 0 Å². The molecule has 0 spiro atoms. The Balaban J connectivity index is 1.55. The predicted molar refractivity (Wildman–Crippen MR) is 99.3 cm³/mol. The molecule has 0 aliphatic carbocycles. The van der Waals surface area contributed by atoms with Gasteiger partial charge < -0.3 is 14.4 Å². The van der Waals surface area contributed by atoms with Crippen LogP contribution in [-0.4, -0.2) is 61.1 Å². The van der Waals surface area contributed by atoms with Crippen molar-refractivity contribution in [1.29, 1.82) is 0 Å². The molecule has 138 valence electrons. The van der Waals surface area contributed by atoms with Gasteiger partial charge in [-0.2, -0.15) is 0 Å². The minimum absolute atomic E-state index is 0.123. The molecule has 1 aliphatic heterocycles. The van der Waals surface area contributed by atoms with Crippen LogP contribution in [0.15, 0.2) is 42.7 Å². The first-order valence-corrected chi connectivity index (χ1v) is 8.79. The van der Waals surface area contributed by atoms with Crippen LogP contribution < -0.4 is 9.47 Å². The fourth-order valence-corrected chi connectivity index (χ4v) is 3.20. The van der Waals surface area contributed by atoms with E-state index in [0.29, 0.717) is 6.42 Å². The van der Waals surface area contributed by atoms with Gasteiger partial charge in [0.1, 0.15) is 11.5 Å². The Morgan fingerprint density at radius 1 is 1.12 bits per heavy atom. The Labute approximate surface area is 154 Å². The molecule has 0 bridgehead atoms. The number of rotatable bonds is 6. The van der Waals surface area contributed by atoms with Gasteiger partial charge in [-0.05, 0) is 29.8 Å². The van der Waals surface area contributed by atoms with Crippen LogP contribution in [0.5, 0.6) is 11.5 Å². The number of ether oxygens (including phenoxy) is 2. The Morgan fingerprint density at radius 2 is 1.92 bits per heavy atom. The molecule has 0 N–H and O–H groups in total. The lowest BCUT2D eigenvalue weighted by molar-refractivity contribution is -0.132. The lowest BCUT2D eigenvalue weighted by Crippen LogP contribution is -2.48. The summed E-state index contributed by atoms with van der Waals surface area (Å²) in [6.07, 6.45) is 4.00. The highest BCUT2D eigenvalue weighted by Gasteiger charge is 2.22. The number of aromatic nitrogens is 1. The average Bonchev–Trinajstić information content (AvgIpc) is 2.69. The van der Waals surface area contributed by atoms with Crippen LogP contribution >= 0.6 is 0 Å². The second-order valence-corrected chi connectivity index (χ2v) is 6.37. The minimum atomic E-state index is 0.123. The fraction of sp³-hybridized carbons (Fsp3) is 0.400. The molecular formula is C20H25N3O3. The van der Waals surface area contributed by atoms with E-state index < -0.39 is 0 Å². The highest BCUT2D eigenvalue weighted by molar-refractivity contribution is 5.79. The summed E-state index contributed by atoms with van der Waals surface area (Å²) >= 11 is 0. The van der Waals surface area contributed by atoms with Crippen molar-refractivity contribution in [1.82, 2.24) is 14.8 Å². The number of nitrogens with zero attached hydrogens (tertiary/aromatic N) is 3. The van der Waals surface area contributed by atoms with E-state index >= 15 is 0 Å². The summed E-state index contributed by atoms with van der Waals surface area (Å²) in [4.78, 5) is 21.1. The molecule has 1 saturated heterocycles. The van der Waals surface area contributed by atoms with Gasteiger partial charge in [0.25, 0.3) is 0 Å². The number of carbonyl (C=O) groups is 1. The lowest BCUT2D eigenvalue weighted by atomic mass is 10.1. The average molecular weight is 355 g/mol. The molecule has 1 aromatic carbocycles. The molecule has 6 heteroatoms. The summed E-state index contributed by atoms with van der Waals surface area (Å²) in [7, 11) is 3.24. The van der Waals surface area contributed by atoms with Crippen molar-refractivity contribution in [2.24, 2.45) is 0 Å². The lowest BCUT2D eigenvalue weighted by Gasteiger charge is -2.34. The smallest absolute Gasteiger partial charge is 0.227 e. The van der Waals surface area contributed by atoms with Crippen molar-refractivity contribution in [3.63, 3.8) is 0 Å². The molecule has 1 fully saturated rings. The second kappa shape index (κ2) is 8.67. The molecule has 2 heterocycles. The molecule has 1 aliphatic rings. The van der Waals surface area contributed by atoms with Gasteiger partial charge in [-0.25, -0.2) is 0 Å². The molecule has 3 rings (SSSR count). The molecule has 1 aromatic heterocycles. The summed E-state index contributed by atoms with van der Waals surface area (Å²) in [6, 6.07) is 9.59. The standard InChI is InChI=1S/C20H25N3O3/c1-25-18-5-6-19(26-2)17(12-18)13-20(24)23-10-8-22(9-11-23)15-16-4-3-7-21-14-16/h3-7,12,14H,8-11,13,15H2,1-2H3. The molecule has 26 heavy (non-hydrogen) atoms. The summed E-state index contributed by atoms with van der Waals surface area (Å²) in [5.74, 6) is 1.57. The molecule has 0 atom stereocenters. The number of amides is 1. The van der Waals surface area contributed by atoms with E-state index in [4.69, 9.17) is 9.47 Å². The van der Waals surface area contributed by atoms with Crippen LogP contribution in [0.25, 0.3) is 0 Å². The normalized spacial score (nSPS) is 14.9. The van der Waals surface area contributed by atoms with Crippen molar-refractivity contribution in [3.05, 3.63) is 53.9 Å². The van der Waals surface area contributed by atoms with Gasteiger partial charge in [0.15, 0.2) is 0 Å². The van der Waals surface area contributed by atoms with E-state index in [-0.39, 0.29) is 5.91 Å². The number of pyridine rings is 1. The highest BCUT2D eigenvalue weighted by atomic mass is 16.5. The molecular weight excluding hydrogens is 330 g/mol. The molecule has 6 nitrogen and oxygen atoms in total. The third-order valence-electron chi connectivity index (χ3n) is 4.68. The maximum Gasteiger partial charge on any atom is 0.227 e. The van der Waals surface area contributed by atoms with Crippen LogP contribution in [0.3, 0.4) is 0 Å². The SMILES string of the molecule is COc1ccc(OC)c(CC(=O)N2CCN(Cc3cccnc3)CC2)c1. The molecule has 2 aromatic rings. The maximum atomic E-state index is 12.7. The summed E-state index contributed by atoms with van der Waals surface area (Å²) < 4.78 is 10.6.